The molecule has 1 atom stereocenters. The lowest BCUT2D eigenvalue weighted by Gasteiger charge is -2.12. The highest BCUT2D eigenvalue weighted by Crippen LogP contribution is 2.20. The van der Waals surface area contributed by atoms with Gasteiger partial charge in [-0.1, -0.05) is 25.1 Å². The standard InChI is InChI=1S/C12H17F2NO2/c1-2-10(15)8-16-7-9-5-3-4-6-11(9)17-12(13)14/h3-6,10,12H,2,7-8,15H2,1H3. The molecule has 1 aromatic rings. The van der Waals surface area contributed by atoms with E-state index in [1.807, 2.05) is 6.92 Å². The SMILES string of the molecule is CCC(N)COCc1ccccc1OC(F)F. The van der Waals surface area contributed by atoms with Crippen molar-refractivity contribution in [2.24, 2.45) is 5.73 Å². The summed E-state index contributed by atoms with van der Waals surface area (Å²) in [6.07, 6.45) is 0.815. The molecular weight excluding hydrogens is 228 g/mol. The van der Waals surface area contributed by atoms with Crippen LogP contribution in [0.15, 0.2) is 24.3 Å². The second kappa shape index (κ2) is 7.19. The van der Waals surface area contributed by atoms with Gasteiger partial charge in [0, 0.05) is 11.6 Å². The molecule has 0 bridgehead atoms. The highest BCUT2D eigenvalue weighted by molar-refractivity contribution is 5.32. The van der Waals surface area contributed by atoms with Crippen LogP contribution in [0.3, 0.4) is 0 Å². The molecule has 0 radical (unpaired) electrons. The number of rotatable bonds is 7. The fourth-order valence-corrected chi connectivity index (χ4v) is 1.27. The third-order valence-electron chi connectivity index (χ3n) is 2.30. The first-order valence-electron chi connectivity index (χ1n) is 5.49. The van der Waals surface area contributed by atoms with Crippen molar-refractivity contribution in [3.05, 3.63) is 29.8 Å². The summed E-state index contributed by atoms with van der Waals surface area (Å²) in [5.74, 6) is 0.146. The van der Waals surface area contributed by atoms with E-state index in [0.717, 1.165) is 6.42 Å². The Kier molecular flexibility index (Phi) is 5.86. The maximum absolute atomic E-state index is 12.1. The molecule has 1 rings (SSSR count). The zero-order valence-electron chi connectivity index (χ0n) is 9.74. The minimum Gasteiger partial charge on any atom is -0.434 e. The van der Waals surface area contributed by atoms with Gasteiger partial charge in [-0.25, -0.2) is 0 Å². The Morgan fingerprint density at radius 1 is 1.29 bits per heavy atom. The highest BCUT2D eigenvalue weighted by Gasteiger charge is 2.09. The molecule has 0 aliphatic heterocycles. The van der Waals surface area contributed by atoms with Crippen LogP contribution in [0.5, 0.6) is 5.75 Å². The second-order valence-corrected chi connectivity index (χ2v) is 3.67. The van der Waals surface area contributed by atoms with Crippen molar-refractivity contribution in [3.63, 3.8) is 0 Å². The molecule has 2 N–H and O–H groups in total. The molecule has 1 unspecified atom stereocenters. The Bertz CT molecular complexity index is 334. The Labute approximate surface area is 99.5 Å². The molecule has 0 aromatic heterocycles. The van der Waals surface area contributed by atoms with Crippen LogP contribution in [0.2, 0.25) is 0 Å². The Balaban J connectivity index is 2.51. The first-order chi connectivity index (χ1) is 8.13. The lowest BCUT2D eigenvalue weighted by atomic mass is 10.2. The number of alkyl halides is 2. The molecular formula is C12H17F2NO2. The van der Waals surface area contributed by atoms with Crippen LogP contribution < -0.4 is 10.5 Å². The van der Waals surface area contributed by atoms with Crippen molar-refractivity contribution in [3.8, 4) is 5.75 Å². The van der Waals surface area contributed by atoms with E-state index >= 15 is 0 Å². The van der Waals surface area contributed by atoms with Gasteiger partial charge in [0.1, 0.15) is 5.75 Å². The molecule has 0 amide bonds. The summed E-state index contributed by atoms with van der Waals surface area (Å²) in [6, 6.07) is 6.54. The average Bonchev–Trinajstić information content (AvgIpc) is 2.30. The number of ether oxygens (including phenoxy) is 2. The molecule has 96 valence electrons. The predicted molar refractivity (Wildman–Crippen MR) is 61.0 cm³/mol. The normalized spacial score (nSPS) is 12.8. The molecule has 0 saturated heterocycles. The van der Waals surface area contributed by atoms with E-state index < -0.39 is 6.61 Å². The summed E-state index contributed by atoms with van der Waals surface area (Å²) in [7, 11) is 0. The molecule has 0 saturated carbocycles. The van der Waals surface area contributed by atoms with E-state index in [4.69, 9.17) is 10.5 Å². The minimum absolute atomic E-state index is 0.0295. The summed E-state index contributed by atoms with van der Waals surface area (Å²) in [6.45, 7) is -0.244. The quantitative estimate of drug-likeness (QED) is 0.802. The van der Waals surface area contributed by atoms with Gasteiger partial charge in [0.25, 0.3) is 0 Å². The highest BCUT2D eigenvalue weighted by atomic mass is 19.3. The van der Waals surface area contributed by atoms with Gasteiger partial charge in [-0.2, -0.15) is 8.78 Å². The van der Waals surface area contributed by atoms with Crippen molar-refractivity contribution < 1.29 is 18.3 Å². The largest absolute Gasteiger partial charge is 0.434 e. The van der Waals surface area contributed by atoms with Gasteiger partial charge in [0.15, 0.2) is 0 Å². The van der Waals surface area contributed by atoms with Crippen LogP contribution in [0.4, 0.5) is 8.78 Å². The van der Waals surface area contributed by atoms with Gasteiger partial charge in [-0.05, 0) is 12.5 Å². The van der Waals surface area contributed by atoms with Crippen LogP contribution in [0.1, 0.15) is 18.9 Å². The topological polar surface area (TPSA) is 44.5 Å². The number of nitrogens with two attached hydrogens (primary N) is 1. The fourth-order valence-electron chi connectivity index (χ4n) is 1.27. The number of halogens is 2. The molecule has 0 fully saturated rings. The van der Waals surface area contributed by atoms with Crippen LogP contribution in [0, 0.1) is 0 Å². The van der Waals surface area contributed by atoms with Crippen LogP contribution in [-0.4, -0.2) is 19.3 Å². The Hall–Kier alpha value is -1.20. The maximum atomic E-state index is 12.1. The summed E-state index contributed by atoms with van der Waals surface area (Å²) < 4.78 is 34.0. The molecule has 0 spiro atoms. The molecule has 17 heavy (non-hydrogen) atoms. The Morgan fingerprint density at radius 2 is 2.00 bits per heavy atom. The third-order valence-corrected chi connectivity index (χ3v) is 2.30. The summed E-state index contributed by atoms with van der Waals surface area (Å²) in [5.41, 5.74) is 6.27. The number of benzene rings is 1. The number of hydrogen-bond donors (Lipinski definition) is 1. The number of para-hydroxylation sites is 1. The molecule has 1 aromatic carbocycles. The molecule has 0 aliphatic carbocycles. The van der Waals surface area contributed by atoms with Crippen LogP contribution in [0.25, 0.3) is 0 Å². The third kappa shape index (κ3) is 5.10. The van der Waals surface area contributed by atoms with Gasteiger partial charge in [-0.3, -0.25) is 0 Å². The van der Waals surface area contributed by atoms with Crippen LogP contribution in [-0.2, 0) is 11.3 Å². The zero-order valence-corrected chi connectivity index (χ0v) is 9.74. The molecule has 0 heterocycles. The summed E-state index contributed by atoms with van der Waals surface area (Å²) in [5, 5.41) is 0. The second-order valence-electron chi connectivity index (χ2n) is 3.67. The Morgan fingerprint density at radius 3 is 2.65 bits per heavy atom. The first kappa shape index (κ1) is 13.9. The van der Waals surface area contributed by atoms with Gasteiger partial charge < -0.3 is 15.2 Å². The lowest BCUT2D eigenvalue weighted by molar-refractivity contribution is -0.0514. The van der Waals surface area contributed by atoms with Gasteiger partial charge in [-0.15, -0.1) is 0 Å². The van der Waals surface area contributed by atoms with Gasteiger partial charge in [0.05, 0.1) is 13.2 Å². The van der Waals surface area contributed by atoms with E-state index in [9.17, 15) is 8.78 Å². The summed E-state index contributed by atoms with van der Waals surface area (Å²) in [4.78, 5) is 0. The smallest absolute Gasteiger partial charge is 0.387 e. The zero-order chi connectivity index (χ0) is 12.7. The van der Waals surface area contributed by atoms with E-state index in [1.54, 1.807) is 18.2 Å². The molecule has 0 aliphatic rings. The van der Waals surface area contributed by atoms with E-state index in [-0.39, 0.29) is 18.4 Å². The predicted octanol–water partition coefficient (Wildman–Crippen LogP) is 2.54. The average molecular weight is 245 g/mol. The van der Waals surface area contributed by atoms with Crippen molar-refractivity contribution in [1.82, 2.24) is 0 Å². The lowest BCUT2D eigenvalue weighted by Crippen LogP contribution is -2.24. The minimum atomic E-state index is -2.82. The van der Waals surface area contributed by atoms with Crippen molar-refractivity contribution in [1.29, 1.82) is 0 Å². The fraction of sp³-hybridized carbons (Fsp3) is 0.500. The summed E-state index contributed by atoms with van der Waals surface area (Å²) >= 11 is 0. The van der Waals surface area contributed by atoms with Gasteiger partial charge >= 0.3 is 6.61 Å². The molecule has 5 heteroatoms. The van der Waals surface area contributed by atoms with E-state index in [1.165, 1.54) is 6.07 Å². The maximum Gasteiger partial charge on any atom is 0.387 e. The van der Waals surface area contributed by atoms with Gasteiger partial charge in [0.2, 0.25) is 0 Å². The first-order valence-corrected chi connectivity index (χ1v) is 5.49. The van der Waals surface area contributed by atoms with E-state index in [2.05, 4.69) is 4.74 Å². The van der Waals surface area contributed by atoms with E-state index in [0.29, 0.717) is 12.2 Å². The number of hydrogen-bond acceptors (Lipinski definition) is 3. The molecule has 3 nitrogen and oxygen atoms in total. The van der Waals surface area contributed by atoms with Crippen molar-refractivity contribution in [2.75, 3.05) is 6.61 Å². The van der Waals surface area contributed by atoms with Crippen molar-refractivity contribution in [2.45, 2.75) is 32.6 Å². The van der Waals surface area contributed by atoms with Crippen molar-refractivity contribution >= 4 is 0 Å². The van der Waals surface area contributed by atoms with Crippen LogP contribution >= 0.6 is 0 Å². The monoisotopic (exact) mass is 245 g/mol.